The third-order valence-corrected chi connectivity index (χ3v) is 3.43. The topological polar surface area (TPSA) is 59.2 Å². The van der Waals surface area contributed by atoms with E-state index in [0.717, 1.165) is 6.07 Å². The maximum atomic E-state index is 12.5. The van der Waals surface area contributed by atoms with Gasteiger partial charge >= 0.3 is 6.18 Å². The summed E-state index contributed by atoms with van der Waals surface area (Å²) >= 11 is 0. The van der Waals surface area contributed by atoms with Crippen molar-refractivity contribution < 1.29 is 18.0 Å². The van der Waals surface area contributed by atoms with Crippen molar-refractivity contribution in [2.75, 3.05) is 13.1 Å². The number of alkyl halides is 3. The average molecular weight is 324 g/mol. The summed E-state index contributed by atoms with van der Waals surface area (Å²) in [4.78, 5) is 17.3. The lowest BCUT2D eigenvalue weighted by Gasteiger charge is -2.30. The summed E-state index contributed by atoms with van der Waals surface area (Å²) in [6.07, 6.45) is -3.08. The molecular formula is C13H17ClF3N3O. The molecule has 1 aromatic rings. The molecule has 2 N–H and O–H groups in total. The Hall–Kier alpha value is -1.34. The minimum Gasteiger partial charge on any atom is -0.338 e. The molecule has 1 saturated heterocycles. The van der Waals surface area contributed by atoms with E-state index in [1.807, 2.05) is 0 Å². The Morgan fingerprint density at radius 3 is 2.38 bits per heavy atom. The summed E-state index contributed by atoms with van der Waals surface area (Å²) in [5.41, 5.74) is 5.09. The van der Waals surface area contributed by atoms with Crippen LogP contribution in [-0.2, 0) is 6.18 Å². The second-order valence-corrected chi connectivity index (χ2v) is 4.96. The smallest absolute Gasteiger partial charge is 0.338 e. The van der Waals surface area contributed by atoms with Gasteiger partial charge in [0.15, 0.2) is 0 Å². The number of carbonyl (C=O) groups is 1. The molecule has 2 heterocycles. The van der Waals surface area contributed by atoms with Crippen molar-refractivity contribution >= 4 is 18.3 Å². The first-order valence-corrected chi connectivity index (χ1v) is 6.38. The highest BCUT2D eigenvalue weighted by atomic mass is 35.5. The van der Waals surface area contributed by atoms with Gasteiger partial charge in [-0.25, -0.2) is 4.98 Å². The maximum absolute atomic E-state index is 12.5. The second kappa shape index (κ2) is 6.62. The summed E-state index contributed by atoms with van der Waals surface area (Å²) in [6.45, 7) is 2.47. The number of pyridine rings is 1. The second-order valence-electron chi connectivity index (χ2n) is 4.96. The predicted molar refractivity (Wildman–Crippen MR) is 74.3 cm³/mol. The molecule has 4 nitrogen and oxygen atoms in total. The third kappa shape index (κ3) is 4.07. The monoisotopic (exact) mass is 323 g/mol. The van der Waals surface area contributed by atoms with Gasteiger partial charge < -0.3 is 10.6 Å². The number of nitrogens with two attached hydrogens (primary N) is 1. The first-order valence-electron chi connectivity index (χ1n) is 6.38. The molecule has 0 saturated carbocycles. The molecule has 1 fully saturated rings. The summed E-state index contributed by atoms with van der Waals surface area (Å²) < 4.78 is 37.6. The molecule has 1 aromatic heterocycles. The van der Waals surface area contributed by atoms with Gasteiger partial charge in [0.25, 0.3) is 5.91 Å². The first-order chi connectivity index (χ1) is 9.29. The molecule has 1 aliphatic heterocycles. The highest BCUT2D eigenvalue weighted by Crippen LogP contribution is 2.28. The zero-order valence-corrected chi connectivity index (χ0v) is 12.3. The molecule has 0 spiro atoms. The Labute approximate surface area is 126 Å². The standard InChI is InChI=1S/C13H16F3N3O.ClH/c1-8-10(2-3-11(18-8)13(14,15)16)12(20)19-6-4-9(17)5-7-19;/h2-3,9H,4-7,17H2,1H3;1H. The molecule has 0 aromatic carbocycles. The number of carbonyl (C=O) groups excluding carboxylic acids is 1. The number of amides is 1. The first kappa shape index (κ1) is 17.7. The molecule has 1 aliphatic rings. The molecular weight excluding hydrogens is 307 g/mol. The Bertz CT molecular complexity index is 514. The van der Waals surface area contributed by atoms with E-state index in [4.69, 9.17) is 5.73 Å². The molecule has 0 radical (unpaired) electrons. The van der Waals surface area contributed by atoms with Crippen LogP contribution in [0.3, 0.4) is 0 Å². The van der Waals surface area contributed by atoms with Crippen LogP contribution >= 0.6 is 12.4 Å². The Morgan fingerprint density at radius 1 is 1.33 bits per heavy atom. The van der Waals surface area contributed by atoms with Crippen LogP contribution in [0.15, 0.2) is 12.1 Å². The van der Waals surface area contributed by atoms with Gasteiger partial charge in [-0.05, 0) is 31.9 Å². The fraction of sp³-hybridized carbons (Fsp3) is 0.538. The number of rotatable bonds is 1. The zero-order chi connectivity index (χ0) is 14.9. The minimum absolute atomic E-state index is 0. The Kier molecular flexibility index (Phi) is 5.58. The normalized spacial score (nSPS) is 16.5. The number of hydrogen-bond acceptors (Lipinski definition) is 3. The predicted octanol–water partition coefficient (Wildman–Crippen LogP) is 2.39. The minimum atomic E-state index is -4.50. The van der Waals surface area contributed by atoms with Gasteiger partial charge in [-0.3, -0.25) is 4.79 Å². The van der Waals surface area contributed by atoms with Gasteiger partial charge in [0, 0.05) is 19.1 Å². The van der Waals surface area contributed by atoms with Crippen molar-refractivity contribution in [1.29, 1.82) is 0 Å². The van der Waals surface area contributed by atoms with Crippen LogP contribution in [0.25, 0.3) is 0 Å². The van der Waals surface area contributed by atoms with Crippen molar-refractivity contribution in [3.63, 3.8) is 0 Å². The van der Waals surface area contributed by atoms with Crippen LogP contribution in [0.5, 0.6) is 0 Å². The van der Waals surface area contributed by atoms with E-state index in [0.29, 0.717) is 25.9 Å². The van der Waals surface area contributed by atoms with E-state index in [9.17, 15) is 18.0 Å². The van der Waals surface area contributed by atoms with E-state index in [2.05, 4.69) is 4.98 Å². The number of aromatic nitrogens is 1. The van der Waals surface area contributed by atoms with Crippen molar-refractivity contribution in [3.05, 3.63) is 29.1 Å². The van der Waals surface area contributed by atoms with Crippen LogP contribution in [0, 0.1) is 6.92 Å². The van der Waals surface area contributed by atoms with Gasteiger partial charge in [0.2, 0.25) is 0 Å². The van der Waals surface area contributed by atoms with Gasteiger partial charge in [0.1, 0.15) is 5.69 Å². The van der Waals surface area contributed by atoms with E-state index in [1.165, 1.54) is 13.0 Å². The maximum Gasteiger partial charge on any atom is 0.433 e. The van der Waals surface area contributed by atoms with Crippen molar-refractivity contribution in [3.8, 4) is 0 Å². The van der Waals surface area contributed by atoms with Crippen LogP contribution < -0.4 is 5.73 Å². The summed E-state index contributed by atoms with van der Waals surface area (Å²) in [6, 6.07) is 2.13. The van der Waals surface area contributed by atoms with Crippen LogP contribution in [0.2, 0.25) is 0 Å². The average Bonchev–Trinajstić information content (AvgIpc) is 2.37. The molecule has 0 atom stereocenters. The molecule has 118 valence electrons. The molecule has 0 bridgehead atoms. The van der Waals surface area contributed by atoms with E-state index < -0.39 is 11.9 Å². The van der Waals surface area contributed by atoms with Crippen molar-refractivity contribution in [2.24, 2.45) is 5.73 Å². The Balaban J connectivity index is 0.00000220. The molecule has 0 aliphatic carbocycles. The van der Waals surface area contributed by atoms with Crippen LogP contribution in [0.1, 0.15) is 34.6 Å². The van der Waals surface area contributed by atoms with Gasteiger partial charge in [-0.15, -0.1) is 12.4 Å². The number of aryl methyl sites for hydroxylation is 1. The number of likely N-dealkylation sites (tertiary alicyclic amines) is 1. The van der Waals surface area contributed by atoms with Gasteiger partial charge in [0.05, 0.1) is 11.3 Å². The lowest BCUT2D eigenvalue weighted by molar-refractivity contribution is -0.141. The molecule has 8 heteroatoms. The van der Waals surface area contributed by atoms with Gasteiger partial charge in [-0.2, -0.15) is 13.2 Å². The summed E-state index contributed by atoms with van der Waals surface area (Å²) in [5, 5.41) is 0. The lowest BCUT2D eigenvalue weighted by atomic mass is 10.0. The van der Waals surface area contributed by atoms with E-state index in [1.54, 1.807) is 4.90 Å². The summed E-state index contributed by atoms with van der Waals surface area (Å²) in [7, 11) is 0. The molecule has 0 unspecified atom stereocenters. The zero-order valence-electron chi connectivity index (χ0n) is 11.5. The largest absolute Gasteiger partial charge is 0.433 e. The molecule has 2 rings (SSSR count). The molecule has 21 heavy (non-hydrogen) atoms. The highest BCUT2D eigenvalue weighted by molar-refractivity contribution is 5.95. The SMILES string of the molecule is Cc1nc(C(F)(F)F)ccc1C(=O)N1CCC(N)CC1.Cl. The fourth-order valence-electron chi connectivity index (χ4n) is 2.22. The van der Waals surface area contributed by atoms with Gasteiger partial charge in [-0.1, -0.05) is 0 Å². The highest BCUT2D eigenvalue weighted by Gasteiger charge is 2.33. The van der Waals surface area contributed by atoms with Crippen molar-refractivity contribution in [1.82, 2.24) is 9.88 Å². The number of hydrogen-bond donors (Lipinski definition) is 1. The number of piperidine rings is 1. The van der Waals surface area contributed by atoms with Crippen LogP contribution in [0.4, 0.5) is 13.2 Å². The number of nitrogens with zero attached hydrogens (tertiary/aromatic N) is 2. The summed E-state index contributed by atoms with van der Waals surface area (Å²) in [5.74, 6) is -0.282. The number of halogens is 4. The van der Waals surface area contributed by atoms with Crippen LogP contribution in [-0.4, -0.2) is 34.9 Å². The molecule has 1 amide bonds. The lowest BCUT2D eigenvalue weighted by Crippen LogP contribution is -2.43. The van der Waals surface area contributed by atoms with Crippen molar-refractivity contribution in [2.45, 2.75) is 32.0 Å². The van der Waals surface area contributed by atoms with E-state index in [-0.39, 0.29) is 35.6 Å². The third-order valence-electron chi connectivity index (χ3n) is 3.43. The quantitative estimate of drug-likeness (QED) is 0.863. The fourth-order valence-corrected chi connectivity index (χ4v) is 2.22. The van der Waals surface area contributed by atoms with E-state index >= 15 is 0 Å². The Morgan fingerprint density at radius 2 is 1.90 bits per heavy atom.